The number of hydrogen-bond donors (Lipinski definition) is 0. The van der Waals surface area contributed by atoms with Crippen molar-refractivity contribution in [1.82, 2.24) is 9.80 Å². The van der Waals surface area contributed by atoms with E-state index in [0.29, 0.717) is 36.4 Å². The molecule has 0 bridgehead atoms. The van der Waals surface area contributed by atoms with Gasteiger partial charge in [0.1, 0.15) is 11.4 Å². The SMILES string of the molecule is COC(=O)c1cccc(OC[C@H]2CC[C@H]3CN(C(=O)OC(C)(C)C)CCN3C2)c1. The van der Waals surface area contributed by atoms with E-state index >= 15 is 0 Å². The van der Waals surface area contributed by atoms with E-state index in [0.717, 1.165) is 32.5 Å². The molecular formula is C22H32N2O5. The number of carbonyl (C=O) groups excluding carboxylic acids is 2. The second kappa shape index (κ2) is 9.03. The average molecular weight is 405 g/mol. The number of piperazine rings is 1. The van der Waals surface area contributed by atoms with E-state index < -0.39 is 5.60 Å². The lowest BCUT2D eigenvalue weighted by molar-refractivity contribution is -0.0122. The number of rotatable bonds is 4. The molecule has 0 N–H and O–H groups in total. The lowest BCUT2D eigenvalue weighted by Crippen LogP contribution is -2.58. The minimum Gasteiger partial charge on any atom is -0.493 e. The molecule has 2 fully saturated rings. The van der Waals surface area contributed by atoms with E-state index in [-0.39, 0.29) is 12.1 Å². The van der Waals surface area contributed by atoms with Crippen molar-refractivity contribution in [1.29, 1.82) is 0 Å². The molecule has 1 aromatic rings. The van der Waals surface area contributed by atoms with Gasteiger partial charge in [-0.25, -0.2) is 9.59 Å². The number of piperidine rings is 1. The summed E-state index contributed by atoms with van der Waals surface area (Å²) >= 11 is 0. The molecule has 0 aliphatic carbocycles. The summed E-state index contributed by atoms with van der Waals surface area (Å²) in [6, 6.07) is 7.48. The van der Waals surface area contributed by atoms with E-state index in [9.17, 15) is 9.59 Å². The second-order valence-corrected chi connectivity index (χ2v) is 8.85. The molecule has 7 heteroatoms. The fourth-order valence-corrected chi connectivity index (χ4v) is 3.93. The molecule has 2 heterocycles. The van der Waals surface area contributed by atoms with Crippen molar-refractivity contribution in [3.63, 3.8) is 0 Å². The Morgan fingerprint density at radius 2 is 1.93 bits per heavy atom. The maximum Gasteiger partial charge on any atom is 0.410 e. The van der Waals surface area contributed by atoms with Crippen molar-refractivity contribution in [3.8, 4) is 5.75 Å². The first-order chi connectivity index (χ1) is 13.7. The van der Waals surface area contributed by atoms with Crippen molar-refractivity contribution in [2.45, 2.75) is 45.3 Å². The Kier molecular flexibility index (Phi) is 6.67. The lowest BCUT2D eigenvalue weighted by atomic mass is 9.91. The first-order valence-corrected chi connectivity index (χ1v) is 10.3. The van der Waals surface area contributed by atoms with Crippen LogP contribution in [0.15, 0.2) is 24.3 Å². The summed E-state index contributed by atoms with van der Waals surface area (Å²) in [5.74, 6) is 0.754. The van der Waals surface area contributed by atoms with Crippen LogP contribution in [0.4, 0.5) is 4.79 Å². The van der Waals surface area contributed by atoms with E-state index in [1.165, 1.54) is 7.11 Å². The Bertz CT molecular complexity index is 730. The minimum absolute atomic E-state index is 0.215. The van der Waals surface area contributed by atoms with Gasteiger partial charge in [-0.15, -0.1) is 0 Å². The molecule has 0 aromatic heterocycles. The van der Waals surface area contributed by atoms with E-state index in [1.54, 1.807) is 18.2 Å². The maximum absolute atomic E-state index is 12.3. The number of carbonyl (C=O) groups is 2. The van der Waals surface area contributed by atoms with Gasteiger partial charge in [-0.1, -0.05) is 6.07 Å². The summed E-state index contributed by atoms with van der Waals surface area (Å²) in [6.45, 7) is 9.54. The number of benzene rings is 1. The monoisotopic (exact) mass is 404 g/mol. The molecule has 2 aliphatic heterocycles. The van der Waals surface area contributed by atoms with Crippen LogP contribution in [0.5, 0.6) is 5.75 Å². The minimum atomic E-state index is -0.464. The number of esters is 1. The third kappa shape index (κ3) is 5.85. The second-order valence-electron chi connectivity index (χ2n) is 8.85. The van der Waals surface area contributed by atoms with E-state index in [2.05, 4.69) is 4.90 Å². The Balaban J connectivity index is 1.48. The summed E-state index contributed by atoms with van der Waals surface area (Å²) in [6.07, 6.45) is 1.88. The number of fused-ring (bicyclic) bond motifs is 1. The summed E-state index contributed by atoms with van der Waals surface area (Å²) in [7, 11) is 1.37. The zero-order valence-corrected chi connectivity index (χ0v) is 17.8. The fourth-order valence-electron chi connectivity index (χ4n) is 3.93. The molecule has 0 unspecified atom stereocenters. The standard InChI is InChI=1S/C22H32N2O5/c1-22(2,3)29-21(26)24-11-10-23-13-16(8-9-18(23)14-24)15-28-19-7-5-6-17(12-19)20(25)27-4/h5-7,12,16,18H,8-11,13-15H2,1-4H3/t16-,18-/m0/s1. The quantitative estimate of drug-likeness (QED) is 0.718. The van der Waals surface area contributed by atoms with Gasteiger partial charge in [-0.2, -0.15) is 0 Å². The van der Waals surface area contributed by atoms with Crippen LogP contribution in [0.1, 0.15) is 44.0 Å². The van der Waals surface area contributed by atoms with Crippen LogP contribution >= 0.6 is 0 Å². The zero-order valence-electron chi connectivity index (χ0n) is 17.8. The third-order valence-electron chi connectivity index (χ3n) is 5.40. The van der Waals surface area contributed by atoms with Crippen LogP contribution in [-0.4, -0.2) is 73.4 Å². The summed E-state index contributed by atoms with van der Waals surface area (Å²) in [4.78, 5) is 28.3. The van der Waals surface area contributed by atoms with Crippen LogP contribution in [-0.2, 0) is 9.47 Å². The van der Waals surface area contributed by atoms with Gasteiger partial charge in [0.15, 0.2) is 0 Å². The number of ether oxygens (including phenoxy) is 3. The van der Waals surface area contributed by atoms with Gasteiger partial charge in [-0.3, -0.25) is 4.90 Å². The average Bonchev–Trinajstić information content (AvgIpc) is 2.70. The molecule has 1 amide bonds. The van der Waals surface area contributed by atoms with Crippen molar-refractivity contribution in [2.75, 3.05) is 39.9 Å². The van der Waals surface area contributed by atoms with E-state index in [1.807, 2.05) is 31.7 Å². The molecule has 7 nitrogen and oxygen atoms in total. The molecule has 0 saturated carbocycles. The Hall–Kier alpha value is -2.28. The van der Waals surface area contributed by atoms with Gasteiger partial charge in [0.2, 0.25) is 0 Å². The highest BCUT2D eigenvalue weighted by Crippen LogP contribution is 2.27. The smallest absolute Gasteiger partial charge is 0.410 e. The van der Waals surface area contributed by atoms with Gasteiger partial charge in [-0.05, 0) is 51.8 Å². The van der Waals surface area contributed by atoms with Crippen LogP contribution < -0.4 is 4.74 Å². The molecule has 3 rings (SSSR count). The highest BCUT2D eigenvalue weighted by molar-refractivity contribution is 5.89. The van der Waals surface area contributed by atoms with Crippen LogP contribution in [0.2, 0.25) is 0 Å². The van der Waals surface area contributed by atoms with Gasteiger partial charge < -0.3 is 19.1 Å². The predicted molar refractivity (Wildman–Crippen MR) is 109 cm³/mol. The first-order valence-electron chi connectivity index (χ1n) is 10.3. The highest BCUT2D eigenvalue weighted by Gasteiger charge is 2.35. The normalized spacial score (nSPS) is 22.6. The molecular weight excluding hydrogens is 372 g/mol. The van der Waals surface area contributed by atoms with Crippen molar-refractivity contribution >= 4 is 12.1 Å². The highest BCUT2D eigenvalue weighted by atomic mass is 16.6. The molecule has 2 saturated heterocycles. The molecule has 160 valence electrons. The van der Waals surface area contributed by atoms with Crippen molar-refractivity contribution in [3.05, 3.63) is 29.8 Å². The number of methoxy groups -OCH3 is 1. The summed E-state index contributed by atoms with van der Waals surface area (Å²) in [5, 5.41) is 0. The Morgan fingerprint density at radius 3 is 2.66 bits per heavy atom. The molecule has 2 aliphatic rings. The molecule has 1 aromatic carbocycles. The number of hydrogen-bond acceptors (Lipinski definition) is 6. The van der Waals surface area contributed by atoms with Crippen molar-refractivity contribution < 1.29 is 23.8 Å². The van der Waals surface area contributed by atoms with E-state index in [4.69, 9.17) is 14.2 Å². The zero-order chi connectivity index (χ0) is 21.0. The van der Waals surface area contributed by atoms with Crippen LogP contribution in [0.25, 0.3) is 0 Å². The Morgan fingerprint density at radius 1 is 1.14 bits per heavy atom. The fraction of sp³-hybridized carbons (Fsp3) is 0.636. The van der Waals surface area contributed by atoms with Gasteiger partial charge >= 0.3 is 12.1 Å². The number of amides is 1. The van der Waals surface area contributed by atoms with Gasteiger partial charge in [0.05, 0.1) is 19.3 Å². The Labute approximate surface area is 172 Å². The predicted octanol–water partition coefficient (Wildman–Crippen LogP) is 3.18. The molecule has 2 atom stereocenters. The summed E-state index contributed by atoms with van der Waals surface area (Å²) < 4.78 is 16.2. The molecule has 29 heavy (non-hydrogen) atoms. The van der Waals surface area contributed by atoms with Gasteiger partial charge in [0, 0.05) is 38.1 Å². The topological polar surface area (TPSA) is 68.3 Å². The third-order valence-corrected chi connectivity index (χ3v) is 5.40. The van der Waals surface area contributed by atoms with Gasteiger partial charge in [0.25, 0.3) is 0 Å². The largest absolute Gasteiger partial charge is 0.493 e. The first kappa shape index (κ1) is 21.4. The maximum atomic E-state index is 12.3. The van der Waals surface area contributed by atoms with Crippen molar-refractivity contribution in [2.24, 2.45) is 5.92 Å². The number of nitrogens with zero attached hydrogens (tertiary/aromatic N) is 2. The van der Waals surface area contributed by atoms with Crippen LogP contribution in [0.3, 0.4) is 0 Å². The van der Waals surface area contributed by atoms with Crippen LogP contribution in [0, 0.1) is 5.92 Å². The summed E-state index contributed by atoms with van der Waals surface area (Å²) in [5.41, 5.74) is 0.0287. The molecule has 0 spiro atoms. The lowest BCUT2D eigenvalue weighted by Gasteiger charge is -2.46. The molecule has 0 radical (unpaired) electrons.